The molecule has 2 heterocycles. The summed E-state index contributed by atoms with van der Waals surface area (Å²) >= 11 is 0. The number of rotatable bonds is 4. The Kier molecular flexibility index (Phi) is 6.42. The molecule has 0 radical (unpaired) electrons. The molecule has 0 aliphatic carbocycles. The number of pyridine rings is 1. The van der Waals surface area contributed by atoms with Crippen molar-refractivity contribution in [3.05, 3.63) is 23.9 Å². The molecule has 0 bridgehead atoms. The topological polar surface area (TPSA) is 81.2 Å². The molecule has 8 heteroatoms. The highest BCUT2D eigenvalue weighted by Gasteiger charge is 2.28. The van der Waals surface area contributed by atoms with E-state index in [-0.39, 0.29) is 23.8 Å². The third-order valence-corrected chi connectivity index (χ3v) is 3.88. The summed E-state index contributed by atoms with van der Waals surface area (Å²) < 4.78 is 11.3. The van der Waals surface area contributed by atoms with Crippen molar-refractivity contribution in [1.29, 1.82) is 0 Å². The summed E-state index contributed by atoms with van der Waals surface area (Å²) in [6, 6.07) is 5.04. The van der Waals surface area contributed by atoms with E-state index in [1.54, 1.807) is 23.1 Å². The second-order valence-corrected chi connectivity index (χ2v) is 7.13. The second-order valence-electron chi connectivity index (χ2n) is 7.13. The third kappa shape index (κ3) is 5.59. The summed E-state index contributed by atoms with van der Waals surface area (Å²) in [4.78, 5) is 35.0. The molecule has 1 saturated heterocycles. The van der Waals surface area contributed by atoms with Crippen LogP contribution in [0.3, 0.4) is 0 Å². The minimum Gasteiger partial charge on any atom is -0.474 e. The van der Waals surface area contributed by atoms with Crippen molar-refractivity contribution in [2.45, 2.75) is 45.3 Å². The highest BCUT2D eigenvalue weighted by atomic mass is 16.7. The van der Waals surface area contributed by atoms with Gasteiger partial charge in [-0.3, -0.25) is 9.63 Å². The van der Waals surface area contributed by atoms with Gasteiger partial charge in [0.2, 0.25) is 5.88 Å². The van der Waals surface area contributed by atoms with Crippen molar-refractivity contribution in [1.82, 2.24) is 14.9 Å². The Bertz CT molecular complexity index is 636. The van der Waals surface area contributed by atoms with E-state index in [2.05, 4.69) is 4.98 Å². The summed E-state index contributed by atoms with van der Waals surface area (Å²) in [7, 11) is 2.93. The molecule has 26 heavy (non-hydrogen) atoms. The number of likely N-dealkylation sites (tertiary alicyclic amines) is 1. The van der Waals surface area contributed by atoms with E-state index in [9.17, 15) is 9.59 Å². The fourth-order valence-corrected chi connectivity index (χ4v) is 2.50. The summed E-state index contributed by atoms with van der Waals surface area (Å²) in [5.41, 5.74) is -0.255. The number of ether oxygens (including phenoxy) is 2. The van der Waals surface area contributed by atoms with E-state index < -0.39 is 5.60 Å². The monoisotopic (exact) mass is 365 g/mol. The zero-order chi connectivity index (χ0) is 19.3. The van der Waals surface area contributed by atoms with Crippen molar-refractivity contribution in [2.75, 3.05) is 27.2 Å². The Morgan fingerprint density at radius 3 is 2.46 bits per heavy atom. The summed E-state index contributed by atoms with van der Waals surface area (Å²) in [5, 5.41) is 1.10. The van der Waals surface area contributed by atoms with Gasteiger partial charge < -0.3 is 14.4 Å². The lowest BCUT2D eigenvalue weighted by Crippen LogP contribution is -2.44. The highest BCUT2D eigenvalue weighted by molar-refractivity contribution is 5.91. The number of aromatic nitrogens is 1. The summed E-state index contributed by atoms with van der Waals surface area (Å²) in [6.45, 7) is 6.67. The van der Waals surface area contributed by atoms with Crippen molar-refractivity contribution in [3.63, 3.8) is 0 Å². The molecule has 0 N–H and O–H groups in total. The van der Waals surface area contributed by atoms with Crippen LogP contribution in [-0.2, 0) is 9.57 Å². The van der Waals surface area contributed by atoms with Gasteiger partial charge in [0.15, 0.2) is 0 Å². The SMILES string of the molecule is CON(C)C(=O)c1cccc(OC2CCN(C(=O)OC(C)(C)C)CC2)n1. The molecule has 1 aliphatic heterocycles. The van der Waals surface area contributed by atoms with Gasteiger partial charge in [0.05, 0.1) is 7.11 Å². The number of hydrogen-bond donors (Lipinski definition) is 0. The number of hydroxylamine groups is 2. The number of hydrogen-bond acceptors (Lipinski definition) is 6. The summed E-state index contributed by atoms with van der Waals surface area (Å²) in [5.74, 6) is 0.0359. The van der Waals surface area contributed by atoms with Crippen LogP contribution in [0.1, 0.15) is 44.1 Å². The van der Waals surface area contributed by atoms with Gasteiger partial charge >= 0.3 is 6.09 Å². The maximum Gasteiger partial charge on any atom is 0.410 e. The first kappa shape index (κ1) is 20.0. The van der Waals surface area contributed by atoms with E-state index >= 15 is 0 Å². The first-order valence-electron chi connectivity index (χ1n) is 8.63. The van der Waals surface area contributed by atoms with Crippen LogP contribution in [0.25, 0.3) is 0 Å². The van der Waals surface area contributed by atoms with Crippen LogP contribution in [0.4, 0.5) is 4.79 Å². The van der Waals surface area contributed by atoms with Crippen LogP contribution in [0.15, 0.2) is 18.2 Å². The predicted molar refractivity (Wildman–Crippen MR) is 94.8 cm³/mol. The van der Waals surface area contributed by atoms with Crippen LogP contribution in [0.2, 0.25) is 0 Å². The van der Waals surface area contributed by atoms with Gasteiger partial charge in [0.1, 0.15) is 17.4 Å². The molecule has 8 nitrogen and oxygen atoms in total. The molecule has 2 amide bonds. The van der Waals surface area contributed by atoms with E-state index in [0.717, 1.165) is 5.06 Å². The quantitative estimate of drug-likeness (QED) is 0.763. The maximum atomic E-state index is 12.1. The number of piperidine rings is 1. The number of amides is 2. The normalized spacial score (nSPS) is 15.5. The first-order valence-corrected chi connectivity index (χ1v) is 8.63. The molecule has 0 atom stereocenters. The second kappa shape index (κ2) is 8.35. The van der Waals surface area contributed by atoms with E-state index in [1.165, 1.54) is 14.2 Å². The smallest absolute Gasteiger partial charge is 0.410 e. The largest absolute Gasteiger partial charge is 0.474 e. The van der Waals surface area contributed by atoms with Gasteiger partial charge in [-0.1, -0.05) is 6.07 Å². The molecule has 1 fully saturated rings. The van der Waals surface area contributed by atoms with Crippen LogP contribution < -0.4 is 4.74 Å². The van der Waals surface area contributed by atoms with E-state index in [0.29, 0.717) is 31.8 Å². The minimum absolute atomic E-state index is 0.0632. The molecule has 0 aromatic carbocycles. The number of carbonyl (C=O) groups excluding carboxylic acids is 2. The number of nitrogens with zero attached hydrogens (tertiary/aromatic N) is 3. The zero-order valence-electron chi connectivity index (χ0n) is 16.0. The predicted octanol–water partition coefficient (Wildman–Crippen LogP) is 2.49. The molecule has 0 spiro atoms. The van der Waals surface area contributed by atoms with E-state index in [4.69, 9.17) is 14.3 Å². The van der Waals surface area contributed by atoms with Gasteiger partial charge in [0.25, 0.3) is 5.91 Å². The van der Waals surface area contributed by atoms with Crippen LogP contribution in [-0.4, -0.2) is 65.9 Å². The summed E-state index contributed by atoms with van der Waals surface area (Å²) in [6.07, 6.45) is 0.990. The fourth-order valence-electron chi connectivity index (χ4n) is 2.50. The van der Waals surface area contributed by atoms with Gasteiger partial charge in [-0.2, -0.15) is 0 Å². The molecular formula is C18H27N3O5. The Labute approximate surface area is 154 Å². The van der Waals surface area contributed by atoms with Crippen molar-refractivity contribution < 1.29 is 23.9 Å². The molecule has 1 aromatic heterocycles. The van der Waals surface area contributed by atoms with Crippen LogP contribution in [0, 0.1) is 0 Å². The maximum absolute atomic E-state index is 12.1. The highest BCUT2D eigenvalue weighted by Crippen LogP contribution is 2.20. The average Bonchev–Trinajstić information content (AvgIpc) is 2.59. The van der Waals surface area contributed by atoms with Crippen LogP contribution in [0.5, 0.6) is 5.88 Å². The lowest BCUT2D eigenvalue weighted by molar-refractivity contribution is -0.0761. The standard InChI is InChI=1S/C18H27N3O5/c1-18(2,3)26-17(23)21-11-9-13(10-12-21)25-15-8-6-7-14(19-15)16(22)20(4)24-5/h6-8,13H,9-12H2,1-5H3. The molecule has 1 aliphatic rings. The number of carbonyl (C=O) groups is 2. The Balaban J connectivity index is 1.90. The van der Waals surface area contributed by atoms with Gasteiger partial charge in [-0.05, 0) is 26.8 Å². The van der Waals surface area contributed by atoms with Gasteiger partial charge in [-0.25, -0.2) is 14.8 Å². The molecule has 1 aromatic rings. The first-order chi connectivity index (χ1) is 12.2. The molecular weight excluding hydrogens is 338 g/mol. The third-order valence-electron chi connectivity index (χ3n) is 3.88. The van der Waals surface area contributed by atoms with Gasteiger partial charge in [0, 0.05) is 39.0 Å². The molecule has 0 saturated carbocycles. The Morgan fingerprint density at radius 1 is 1.23 bits per heavy atom. The molecule has 144 valence electrons. The fraction of sp³-hybridized carbons (Fsp3) is 0.611. The lowest BCUT2D eigenvalue weighted by atomic mass is 10.1. The Morgan fingerprint density at radius 2 is 1.88 bits per heavy atom. The molecule has 2 rings (SSSR count). The lowest BCUT2D eigenvalue weighted by Gasteiger charge is -2.33. The van der Waals surface area contributed by atoms with Crippen molar-refractivity contribution in [3.8, 4) is 5.88 Å². The van der Waals surface area contributed by atoms with Crippen LogP contribution >= 0.6 is 0 Å². The molecule has 0 unspecified atom stereocenters. The van der Waals surface area contributed by atoms with Gasteiger partial charge in [-0.15, -0.1) is 0 Å². The minimum atomic E-state index is -0.503. The van der Waals surface area contributed by atoms with Crippen molar-refractivity contribution >= 4 is 12.0 Å². The van der Waals surface area contributed by atoms with E-state index in [1.807, 2.05) is 20.8 Å². The Hall–Kier alpha value is -2.35. The average molecular weight is 365 g/mol. The zero-order valence-corrected chi connectivity index (χ0v) is 16.0. The van der Waals surface area contributed by atoms with Crippen molar-refractivity contribution in [2.24, 2.45) is 0 Å².